The smallest absolute Gasteiger partial charge is 0.129 e. The van der Waals surface area contributed by atoms with Crippen LogP contribution in [0.4, 0.5) is 4.39 Å². The Labute approximate surface area is 132 Å². The molecule has 2 aromatic rings. The van der Waals surface area contributed by atoms with Crippen molar-refractivity contribution in [3.8, 4) is 0 Å². The van der Waals surface area contributed by atoms with E-state index in [9.17, 15) is 4.39 Å². The molecule has 0 saturated carbocycles. The summed E-state index contributed by atoms with van der Waals surface area (Å²) in [4.78, 5) is 0. The first-order valence-electron chi connectivity index (χ1n) is 6.53. The van der Waals surface area contributed by atoms with Crippen LogP contribution < -0.4 is 5.32 Å². The van der Waals surface area contributed by atoms with Gasteiger partial charge in [0.1, 0.15) is 5.82 Å². The molecule has 0 saturated heterocycles. The zero-order chi connectivity index (χ0) is 14.5. The standard InChI is InChI=1S/C16H16BrClFN/c1-2-20-15(10-11-5-3-6-12(17)9-11)16-13(18)7-4-8-14(16)19/h3-9,15,20H,2,10H2,1H3. The first kappa shape index (κ1) is 15.5. The van der Waals surface area contributed by atoms with Gasteiger partial charge >= 0.3 is 0 Å². The molecule has 1 N–H and O–H groups in total. The number of hydrogen-bond acceptors (Lipinski definition) is 1. The van der Waals surface area contributed by atoms with Crippen LogP contribution in [0.5, 0.6) is 0 Å². The van der Waals surface area contributed by atoms with Crippen molar-refractivity contribution in [2.24, 2.45) is 0 Å². The van der Waals surface area contributed by atoms with Crippen molar-refractivity contribution in [3.05, 3.63) is 68.9 Å². The average molecular weight is 357 g/mol. The van der Waals surface area contributed by atoms with E-state index in [0.29, 0.717) is 17.0 Å². The molecule has 0 spiro atoms. The van der Waals surface area contributed by atoms with E-state index in [1.807, 2.05) is 31.2 Å². The van der Waals surface area contributed by atoms with Crippen molar-refractivity contribution < 1.29 is 4.39 Å². The average Bonchev–Trinajstić information content (AvgIpc) is 2.38. The lowest BCUT2D eigenvalue weighted by Gasteiger charge is -2.20. The Balaban J connectivity index is 2.32. The van der Waals surface area contributed by atoms with Crippen LogP contribution in [-0.4, -0.2) is 6.54 Å². The Morgan fingerprint density at radius 2 is 2.00 bits per heavy atom. The molecule has 0 aliphatic rings. The van der Waals surface area contributed by atoms with Crippen molar-refractivity contribution in [2.45, 2.75) is 19.4 Å². The third-order valence-corrected chi connectivity index (χ3v) is 3.95. The normalized spacial score (nSPS) is 12.4. The van der Waals surface area contributed by atoms with Gasteiger partial charge in [-0.25, -0.2) is 4.39 Å². The maximum Gasteiger partial charge on any atom is 0.129 e. The highest BCUT2D eigenvalue weighted by Crippen LogP contribution is 2.28. The lowest BCUT2D eigenvalue weighted by molar-refractivity contribution is 0.510. The fraction of sp³-hybridized carbons (Fsp3) is 0.250. The minimum Gasteiger partial charge on any atom is -0.310 e. The number of benzene rings is 2. The fourth-order valence-corrected chi connectivity index (χ4v) is 3.01. The van der Waals surface area contributed by atoms with Gasteiger partial charge in [-0.1, -0.05) is 52.7 Å². The second-order valence-electron chi connectivity index (χ2n) is 4.58. The molecule has 2 rings (SSSR count). The summed E-state index contributed by atoms with van der Waals surface area (Å²) in [6.07, 6.45) is 0.688. The number of likely N-dealkylation sites (N-methyl/N-ethyl adjacent to an activating group) is 1. The molecule has 0 aromatic heterocycles. The molecule has 20 heavy (non-hydrogen) atoms. The SMILES string of the molecule is CCNC(Cc1cccc(Br)c1)c1c(F)cccc1Cl. The van der Waals surface area contributed by atoms with Crippen molar-refractivity contribution >= 4 is 27.5 Å². The van der Waals surface area contributed by atoms with E-state index in [4.69, 9.17) is 11.6 Å². The minimum absolute atomic E-state index is 0.136. The van der Waals surface area contributed by atoms with Crippen LogP contribution in [0.2, 0.25) is 5.02 Å². The topological polar surface area (TPSA) is 12.0 Å². The molecule has 1 nitrogen and oxygen atoms in total. The summed E-state index contributed by atoms with van der Waals surface area (Å²) < 4.78 is 15.1. The number of nitrogens with one attached hydrogen (secondary N) is 1. The van der Waals surface area contributed by atoms with Crippen molar-refractivity contribution in [3.63, 3.8) is 0 Å². The second kappa shape index (κ2) is 7.21. The lowest BCUT2D eigenvalue weighted by atomic mass is 9.98. The van der Waals surface area contributed by atoms with Crippen LogP contribution in [0.25, 0.3) is 0 Å². The van der Waals surface area contributed by atoms with E-state index in [2.05, 4.69) is 21.2 Å². The van der Waals surface area contributed by atoms with Gasteiger partial charge in [0.05, 0.1) is 0 Å². The van der Waals surface area contributed by atoms with Gasteiger partial charge in [-0.3, -0.25) is 0 Å². The van der Waals surface area contributed by atoms with E-state index >= 15 is 0 Å². The second-order valence-corrected chi connectivity index (χ2v) is 5.90. The zero-order valence-corrected chi connectivity index (χ0v) is 13.5. The molecule has 0 heterocycles. The van der Waals surface area contributed by atoms with Gasteiger partial charge in [-0.15, -0.1) is 0 Å². The Bertz CT molecular complexity index is 568. The van der Waals surface area contributed by atoms with E-state index in [1.54, 1.807) is 12.1 Å². The summed E-state index contributed by atoms with van der Waals surface area (Å²) in [5, 5.41) is 3.77. The molecule has 0 bridgehead atoms. The number of hydrogen-bond donors (Lipinski definition) is 1. The van der Waals surface area contributed by atoms with E-state index in [0.717, 1.165) is 16.6 Å². The number of rotatable bonds is 5. The highest BCUT2D eigenvalue weighted by atomic mass is 79.9. The van der Waals surface area contributed by atoms with Crippen LogP contribution in [0.1, 0.15) is 24.1 Å². The maximum absolute atomic E-state index is 14.1. The molecule has 1 unspecified atom stereocenters. The summed E-state index contributed by atoms with van der Waals surface area (Å²) >= 11 is 9.62. The largest absolute Gasteiger partial charge is 0.310 e. The van der Waals surface area contributed by atoms with Crippen LogP contribution in [0.15, 0.2) is 46.9 Å². The predicted octanol–water partition coefficient (Wildman–Crippen LogP) is 5.13. The van der Waals surface area contributed by atoms with Gasteiger partial charge < -0.3 is 5.32 Å². The highest BCUT2D eigenvalue weighted by molar-refractivity contribution is 9.10. The van der Waals surface area contributed by atoms with Gasteiger partial charge in [0, 0.05) is 21.1 Å². The van der Waals surface area contributed by atoms with Gasteiger partial charge in [-0.2, -0.15) is 0 Å². The quantitative estimate of drug-likeness (QED) is 0.782. The van der Waals surface area contributed by atoms with E-state index < -0.39 is 0 Å². The van der Waals surface area contributed by atoms with Crippen LogP contribution >= 0.6 is 27.5 Å². The van der Waals surface area contributed by atoms with Gasteiger partial charge in [0.2, 0.25) is 0 Å². The van der Waals surface area contributed by atoms with Gasteiger partial charge in [0.15, 0.2) is 0 Å². The first-order valence-corrected chi connectivity index (χ1v) is 7.70. The maximum atomic E-state index is 14.1. The molecule has 106 valence electrons. The van der Waals surface area contributed by atoms with Crippen LogP contribution in [0.3, 0.4) is 0 Å². The first-order chi connectivity index (χ1) is 9.61. The summed E-state index contributed by atoms with van der Waals surface area (Å²) in [5.41, 5.74) is 1.67. The zero-order valence-electron chi connectivity index (χ0n) is 11.2. The third kappa shape index (κ3) is 3.81. The predicted molar refractivity (Wildman–Crippen MR) is 85.7 cm³/mol. The molecule has 2 aromatic carbocycles. The lowest BCUT2D eigenvalue weighted by Crippen LogP contribution is -2.24. The Hall–Kier alpha value is -0.900. The molecule has 0 aliphatic heterocycles. The van der Waals surface area contributed by atoms with E-state index in [1.165, 1.54) is 6.07 Å². The molecule has 0 aliphatic carbocycles. The minimum atomic E-state index is -0.265. The fourth-order valence-electron chi connectivity index (χ4n) is 2.27. The molecular formula is C16H16BrClFN. The molecule has 4 heteroatoms. The molecule has 0 fully saturated rings. The third-order valence-electron chi connectivity index (χ3n) is 3.13. The Morgan fingerprint density at radius 1 is 1.25 bits per heavy atom. The Kier molecular flexibility index (Phi) is 5.58. The molecular weight excluding hydrogens is 341 g/mol. The van der Waals surface area contributed by atoms with E-state index in [-0.39, 0.29) is 11.9 Å². The highest BCUT2D eigenvalue weighted by Gasteiger charge is 2.18. The number of halogens is 3. The molecule has 0 radical (unpaired) electrons. The van der Waals surface area contributed by atoms with Crippen molar-refractivity contribution in [1.29, 1.82) is 0 Å². The summed E-state index contributed by atoms with van der Waals surface area (Å²) in [5.74, 6) is -0.265. The van der Waals surface area contributed by atoms with Crippen LogP contribution in [0, 0.1) is 5.82 Å². The summed E-state index contributed by atoms with van der Waals surface area (Å²) in [7, 11) is 0. The van der Waals surface area contributed by atoms with Crippen molar-refractivity contribution in [1.82, 2.24) is 5.32 Å². The van der Waals surface area contributed by atoms with Gasteiger partial charge in [-0.05, 0) is 42.8 Å². The summed E-state index contributed by atoms with van der Waals surface area (Å²) in [6.45, 7) is 2.76. The molecule has 0 amide bonds. The Morgan fingerprint density at radius 3 is 2.65 bits per heavy atom. The van der Waals surface area contributed by atoms with Crippen molar-refractivity contribution in [2.75, 3.05) is 6.54 Å². The summed E-state index contributed by atoms with van der Waals surface area (Å²) in [6, 6.07) is 12.7. The monoisotopic (exact) mass is 355 g/mol. The van der Waals surface area contributed by atoms with Gasteiger partial charge in [0.25, 0.3) is 0 Å². The molecule has 1 atom stereocenters. The van der Waals surface area contributed by atoms with Crippen LogP contribution in [-0.2, 0) is 6.42 Å².